The largest absolute Gasteiger partial charge is 0.465 e. The summed E-state index contributed by atoms with van der Waals surface area (Å²) in [6, 6.07) is 17.6. The molecule has 0 bridgehead atoms. The minimum Gasteiger partial charge on any atom is -0.465 e. The second kappa shape index (κ2) is 7.56. The van der Waals surface area contributed by atoms with Crippen LogP contribution in [0.3, 0.4) is 0 Å². The lowest BCUT2D eigenvalue weighted by Gasteiger charge is -2.32. The molecule has 4 nitrogen and oxygen atoms in total. The molecular formula is C22H22O4. The lowest BCUT2D eigenvalue weighted by Crippen LogP contribution is -2.44. The van der Waals surface area contributed by atoms with Gasteiger partial charge in [0, 0.05) is 6.42 Å². The highest BCUT2D eigenvalue weighted by Gasteiger charge is 2.50. The molecule has 2 aromatic rings. The molecule has 0 unspecified atom stereocenters. The summed E-state index contributed by atoms with van der Waals surface area (Å²) in [7, 11) is 0. The summed E-state index contributed by atoms with van der Waals surface area (Å²) < 4.78 is 10.5. The van der Waals surface area contributed by atoms with Crippen molar-refractivity contribution in [1.29, 1.82) is 0 Å². The lowest BCUT2D eigenvalue weighted by atomic mass is 9.72. The van der Waals surface area contributed by atoms with Gasteiger partial charge in [0.25, 0.3) is 0 Å². The normalized spacial score (nSPS) is 14.8. The third-order valence-corrected chi connectivity index (χ3v) is 4.53. The molecule has 0 aromatic heterocycles. The third kappa shape index (κ3) is 3.15. The Kier molecular flexibility index (Phi) is 5.21. The molecule has 134 valence electrons. The molecule has 1 aliphatic carbocycles. The fraction of sp³-hybridized carbons (Fsp3) is 0.273. The van der Waals surface area contributed by atoms with Crippen LogP contribution in [0.25, 0.3) is 5.57 Å². The summed E-state index contributed by atoms with van der Waals surface area (Å²) in [4.78, 5) is 25.7. The second-order valence-electron chi connectivity index (χ2n) is 6.17. The van der Waals surface area contributed by atoms with Crippen molar-refractivity contribution in [3.63, 3.8) is 0 Å². The first kappa shape index (κ1) is 17.9. The standard InChI is InChI=1S/C22H22O4/c1-3-25-20(23)22(21(24)26-4-2)14-17-12-8-9-13-18(17)19(15-22)16-10-6-5-7-11-16/h5-13,15H,3-4,14H2,1-2H3. The van der Waals surface area contributed by atoms with Crippen molar-refractivity contribution in [3.8, 4) is 0 Å². The number of carbonyl (C=O) groups is 2. The summed E-state index contributed by atoms with van der Waals surface area (Å²) in [6.45, 7) is 3.87. The zero-order chi connectivity index (χ0) is 18.6. The zero-order valence-electron chi connectivity index (χ0n) is 15.0. The van der Waals surface area contributed by atoms with E-state index in [1.165, 1.54) is 0 Å². The summed E-state index contributed by atoms with van der Waals surface area (Å²) >= 11 is 0. The molecule has 1 aliphatic rings. The third-order valence-electron chi connectivity index (χ3n) is 4.53. The molecule has 0 saturated carbocycles. The second-order valence-corrected chi connectivity index (χ2v) is 6.17. The highest BCUT2D eigenvalue weighted by atomic mass is 16.6. The van der Waals surface area contributed by atoms with Gasteiger partial charge in [-0.2, -0.15) is 0 Å². The van der Waals surface area contributed by atoms with Crippen LogP contribution in [-0.4, -0.2) is 25.2 Å². The maximum Gasteiger partial charge on any atom is 0.327 e. The van der Waals surface area contributed by atoms with Crippen molar-refractivity contribution in [3.05, 3.63) is 77.4 Å². The van der Waals surface area contributed by atoms with E-state index in [1.54, 1.807) is 19.9 Å². The van der Waals surface area contributed by atoms with E-state index in [1.807, 2.05) is 54.6 Å². The summed E-state index contributed by atoms with van der Waals surface area (Å²) in [5.41, 5.74) is 2.26. The Morgan fingerprint density at radius 1 is 0.885 bits per heavy atom. The molecule has 0 radical (unpaired) electrons. The van der Waals surface area contributed by atoms with Gasteiger partial charge in [0.2, 0.25) is 0 Å². The number of hydrogen-bond donors (Lipinski definition) is 0. The Morgan fingerprint density at radius 2 is 1.46 bits per heavy atom. The highest BCUT2D eigenvalue weighted by molar-refractivity contribution is 6.06. The van der Waals surface area contributed by atoms with Gasteiger partial charge in [0.05, 0.1) is 13.2 Å². The maximum absolute atomic E-state index is 12.9. The molecule has 4 heteroatoms. The van der Waals surface area contributed by atoms with Crippen molar-refractivity contribution in [2.45, 2.75) is 20.3 Å². The first-order valence-electron chi connectivity index (χ1n) is 8.83. The average molecular weight is 350 g/mol. The van der Waals surface area contributed by atoms with Crippen molar-refractivity contribution >= 4 is 17.5 Å². The van der Waals surface area contributed by atoms with Crippen molar-refractivity contribution in [1.82, 2.24) is 0 Å². The van der Waals surface area contributed by atoms with E-state index < -0.39 is 17.4 Å². The Labute approximate surface area is 153 Å². The van der Waals surface area contributed by atoms with Gasteiger partial charge in [-0.3, -0.25) is 9.59 Å². The van der Waals surface area contributed by atoms with E-state index in [-0.39, 0.29) is 19.6 Å². The Morgan fingerprint density at radius 3 is 2.08 bits per heavy atom. The maximum atomic E-state index is 12.9. The van der Waals surface area contributed by atoms with Crippen LogP contribution in [0.15, 0.2) is 60.7 Å². The van der Waals surface area contributed by atoms with E-state index in [2.05, 4.69) is 0 Å². The molecule has 0 N–H and O–H groups in total. The van der Waals surface area contributed by atoms with Crippen LogP contribution in [0.4, 0.5) is 0 Å². The summed E-state index contributed by atoms with van der Waals surface area (Å²) in [5, 5.41) is 0. The van der Waals surface area contributed by atoms with E-state index in [0.717, 1.165) is 22.3 Å². The zero-order valence-corrected chi connectivity index (χ0v) is 15.0. The molecule has 0 saturated heterocycles. The van der Waals surface area contributed by atoms with Gasteiger partial charge in [-0.25, -0.2) is 0 Å². The van der Waals surface area contributed by atoms with E-state index in [4.69, 9.17) is 9.47 Å². The monoisotopic (exact) mass is 350 g/mol. The number of hydrogen-bond acceptors (Lipinski definition) is 4. The smallest absolute Gasteiger partial charge is 0.327 e. The van der Waals surface area contributed by atoms with Gasteiger partial charge in [-0.15, -0.1) is 0 Å². The molecule has 0 spiro atoms. The topological polar surface area (TPSA) is 52.6 Å². The molecule has 2 aromatic carbocycles. The highest BCUT2D eigenvalue weighted by Crippen LogP contribution is 2.41. The van der Waals surface area contributed by atoms with Crippen LogP contribution in [-0.2, 0) is 25.5 Å². The number of benzene rings is 2. The van der Waals surface area contributed by atoms with Gasteiger partial charge < -0.3 is 9.47 Å². The Bertz CT molecular complexity index is 818. The van der Waals surface area contributed by atoms with Crippen molar-refractivity contribution < 1.29 is 19.1 Å². The minimum atomic E-state index is -1.47. The number of fused-ring (bicyclic) bond motifs is 1. The van der Waals surface area contributed by atoms with Crippen LogP contribution < -0.4 is 0 Å². The van der Waals surface area contributed by atoms with Crippen LogP contribution in [0.5, 0.6) is 0 Å². The number of esters is 2. The van der Waals surface area contributed by atoms with Gasteiger partial charge in [-0.1, -0.05) is 54.6 Å². The molecule has 0 atom stereocenters. The van der Waals surface area contributed by atoms with Gasteiger partial charge in [0.1, 0.15) is 0 Å². The van der Waals surface area contributed by atoms with Crippen LogP contribution in [0.1, 0.15) is 30.5 Å². The van der Waals surface area contributed by atoms with E-state index >= 15 is 0 Å². The first-order valence-corrected chi connectivity index (χ1v) is 8.83. The quantitative estimate of drug-likeness (QED) is 0.608. The predicted molar refractivity (Wildman–Crippen MR) is 99.4 cm³/mol. The fourth-order valence-electron chi connectivity index (χ4n) is 3.33. The van der Waals surface area contributed by atoms with Crippen molar-refractivity contribution in [2.24, 2.45) is 5.41 Å². The predicted octanol–water partition coefficient (Wildman–Crippen LogP) is 3.79. The molecular weight excluding hydrogens is 328 g/mol. The molecule has 0 aliphatic heterocycles. The van der Waals surface area contributed by atoms with Crippen LogP contribution in [0, 0.1) is 5.41 Å². The lowest BCUT2D eigenvalue weighted by molar-refractivity contribution is -0.168. The fourth-order valence-corrected chi connectivity index (χ4v) is 3.33. The number of carbonyl (C=O) groups excluding carboxylic acids is 2. The van der Waals surface area contributed by atoms with Crippen molar-refractivity contribution in [2.75, 3.05) is 13.2 Å². The molecule has 0 heterocycles. The van der Waals surface area contributed by atoms with Gasteiger partial charge in [-0.05, 0) is 42.2 Å². The molecule has 26 heavy (non-hydrogen) atoms. The number of rotatable bonds is 5. The summed E-state index contributed by atoms with van der Waals surface area (Å²) in [5.74, 6) is -1.14. The van der Waals surface area contributed by atoms with Gasteiger partial charge >= 0.3 is 11.9 Å². The molecule has 3 rings (SSSR count). The molecule has 0 amide bonds. The SMILES string of the molecule is CCOC(=O)C1(C(=O)OCC)C=C(c2ccccc2)c2ccccc2C1. The first-order chi connectivity index (χ1) is 12.6. The number of ether oxygens (including phenoxy) is 2. The average Bonchev–Trinajstić information content (AvgIpc) is 2.68. The Balaban J connectivity index is 2.22. The van der Waals surface area contributed by atoms with E-state index in [9.17, 15) is 9.59 Å². The van der Waals surface area contributed by atoms with Gasteiger partial charge in [0.15, 0.2) is 5.41 Å². The van der Waals surface area contributed by atoms with Crippen LogP contribution in [0.2, 0.25) is 0 Å². The Hall–Kier alpha value is -2.88. The molecule has 0 fully saturated rings. The van der Waals surface area contributed by atoms with E-state index in [0.29, 0.717) is 0 Å². The minimum absolute atomic E-state index is 0.205. The summed E-state index contributed by atoms with van der Waals surface area (Å²) in [6.07, 6.45) is 1.96. The van der Waals surface area contributed by atoms with Crippen LogP contribution >= 0.6 is 0 Å².